The fourth-order valence-electron chi connectivity index (χ4n) is 4.42. The first kappa shape index (κ1) is 20.2. The van der Waals surface area contributed by atoms with E-state index >= 15 is 0 Å². The Morgan fingerprint density at radius 2 is 2.03 bits per heavy atom. The molecular weight excluding hydrogens is 412 g/mol. The highest BCUT2D eigenvalue weighted by Crippen LogP contribution is 2.33. The first-order valence-electron chi connectivity index (χ1n) is 10.9. The number of carbonyl (C=O) groups is 1. The molecule has 1 aliphatic carbocycles. The van der Waals surface area contributed by atoms with Gasteiger partial charge in [-0.2, -0.15) is 0 Å². The number of hydrogen-bond acceptors (Lipinski definition) is 6. The lowest BCUT2D eigenvalue weighted by molar-refractivity contribution is -0.127. The Kier molecular flexibility index (Phi) is 5.50. The van der Waals surface area contributed by atoms with E-state index in [9.17, 15) is 9.59 Å². The van der Waals surface area contributed by atoms with Crippen LogP contribution < -0.4 is 5.56 Å². The van der Waals surface area contributed by atoms with Crippen molar-refractivity contribution in [2.45, 2.75) is 39.2 Å². The monoisotopic (exact) mass is 438 g/mol. The van der Waals surface area contributed by atoms with E-state index in [-0.39, 0.29) is 11.5 Å². The number of aryl methyl sites for hydroxylation is 3. The number of nitrogens with zero attached hydrogens (tertiary/aromatic N) is 3. The zero-order valence-corrected chi connectivity index (χ0v) is 18.5. The Labute approximate surface area is 184 Å². The number of aromatic amines is 1. The summed E-state index contributed by atoms with van der Waals surface area (Å²) in [6, 6.07) is 3.73. The van der Waals surface area contributed by atoms with Crippen LogP contribution in [0.4, 0.5) is 0 Å². The molecule has 2 aliphatic rings. The van der Waals surface area contributed by atoms with Gasteiger partial charge in [0.25, 0.3) is 5.56 Å². The summed E-state index contributed by atoms with van der Waals surface area (Å²) in [4.78, 5) is 39.2. The number of carbonyl (C=O) groups excluding carboxylic acids is 1. The van der Waals surface area contributed by atoms with Gasteiger partial charge in [0, 0.05) is 37.1 Å². The minimum Gasteiger partial charge on any atom is -0.462 e. The van der Waals surface area contributed by atoms with Gasteiger partial charge in [-0.05, 0) is 56.4 Å². The third-order valence-corrected chi connectivity index (χ3v) is 7.27. The van der Waals surface area contributed by atoms with Gasteiger partial charge in [-0.15, -0.1) is 11.3 Å². The molecule has 4 heterocycles. The number of aromatic nitrogens is 2. The van der Waals surface area contributed by atoms with E-state index in [0.717, 1.165) is 48.3 Å². The quantitative estimate of drug-likeness (QED) is 0.633. The molecule has 1 aliphatic heterocycles. The average Bonchev–Trinajstić information content (AvgIpc) is 3.35. The third kappa shape index (κ3) is 4.22. The Morgan fingerprint density at radius 3 is 2.81 bits per heavy atom. The lowest BCUT2D eigenvalue weighted by Crippen LogP contribution is -2.48. The van der Waals surface area contributed by atoms with Gasteiger partial charge >= 0.3 is 0 Å². The second-order valence-electron chi connectivity index (χ2n) is 8.29. The fourth-order valence-corrected chi connectivity index (χ4v) is 5.70. The summed E-state index contributed by atoms with van der Waals surface area (Å²) in [5, 5.41) is 0.803. The van der Waals surface area contributed by atoms with Gasteiger partial charge in [0.15, 0.2) is 0 Å². The summed E-state index contributed by atoms with van der Waals surface area (Å²) in [7, 11) is 0. The van der Waals surface area contributed by atoms with Crippen molar-refractivity contribution in [3.8, 4) is 0 Å². The third-order valence-electron chi connectivity index (χ3n) is 6.08. The molecule has 7 nitrogen and oxygen atoms in total. The largest absolute Gasteiger partial charge is 0.462 e. The molecule has 0 spiro atoms. The summed E-state index contributed by atoms with van der Waals surface area (Å²) < 4.78 is 5.47. The highest BCUT2D eigenvalue weighted by molar-refractivity contribution is 7.18. The van der Waals surface area contributed by atoms with E-state index in [0.29, 0.717) is 31.2 Å². The van der Waals surface area contributed by atoms with Crippen molar-refractivity contribution in [1.82, 2.24) is 19.8 Å². The number of nitrogens with one attached hydrogen (secondary N) is 1. The van der Waals surface area contributed by atoms with Gasteiger partial charge in [-0.1, -0.05) is 0 Å². The number of hydrogen-bond donors (Lipinski definition) is 1. The molecule has 8 heteroatoms. The highest BCUT2D eigenvalue weighted by atomic mass is 32.1. The van der Waals surface area contributed by atoms with Crippen molar-refractivity contribution in [3.05, 3.63) is 56.3 Å². The predicted octanol–water partition coefficient (Wildman–Crippen LogP) is 3.12. The molecule has 0 unspecified atom stereocenters. The molecule has 0 aromatic carbocycles. The lowest BCUT2D eigenvalue weighted by Gasteiger charge is -2.33. The molecule has 0 saturated carbocycles. The summed E-state index contributed by atoms with van der Waals surface area (Å²) in [5.74, 6) is 2.22. The molecule has 162 valence electrons. The number of fused-ring (bicyclic) bond motifs is 3. The van der Waals surface area contributed by atoms with E-state index in [1.54, 1.807) is 23.5 Å². The van der Waals surface area contributed by atoms with Crippen molar-refractivity contribution >= 4 is 33.5 Å². The number of furan rings is 1. The summed E-state index contributed by atoms with van der Waals surface area (Å²) in [5.41, 5.74) is 1.21. The summed E-state index contributed by atoms with van der Waals surface area (Å²) in [6.07, 6.45) is 7.69. The topological polar surface area (TPSA) is 82.4 Å². The number of amides is 1. The molecule has 0 bridgehead atoms. The summed E-state index contributed by atoms with van der Waals surface area (Å²) in [6.45, 7) is 5.28. The number of H-pyrrole nitrogens is 1. The van der Waals surface area contributed by atoms with Crippen LogP contribution in [0.1, 0.15) is 40.6 Å². The van der Waals surface area contributed by atoms with Crippen LogP contribution in [-0.2, 0) is 24.2 Å². The zero-order valence-electron chi connectivity index (χ0n) is 17.6. The minimum absolute atomic E-state index is 0.00786. The normalized spacial score (nSPS) is 17.5. The van der Waals surface area contributed by atoms with Gasteiger partial charge in [0.1, 0.15) is 22.2 Å². The molecule has 1 N–H and O–H groups in total. The van der Waals surface area contributed by atoms with Crippen molar-refractivity contribution in [2.75, 3.05) is 26.2 Å². The van der Waals surface area contributed by atoms with E-state index in [1.165, 1.54) is 16.9 Å². The highest BCUT2D eigenvalue weighted by Gasteiger charge is 2.22. The predicted molar refractivity (Wildman–Crippen MR) is 121 cm³/mol. The van der Waals surface area contributed by atoms with Gasteiger partial charge in [0.2, 0.25) is 5.91 Å². The molecule has 1 saturated heterocycles. The summed E-state index contributed by atoms with van der Waals surface area (Å²) >= 11 is 1.68. The average molecular weight is 439 g/mol. The first-order valence-corrected chi connectivity index (χ1v) is 11.7. The lowest BCUT2D eigenvalue weighted by atomic mass is 9.97. The van der Waals surface area contributed by atoms with Gasteiger partial charge in [-0.25, -0.2) is 4.98 Å². The minimum atomic E-state index is -0.00850. The molecule has 3 aromatic heterocycles. The van der Waals surface area contributed by atoms with Crippen LogP contribution in [0, 0.1) is 6.92 Å². The molecule has 1 amide bonds. The van der Waals surface area contributed by atoms with Crippen molar-refractivity contribution in [3.63, 3.8) is 0 Å². The van der Waals surface area contributed by atoms with E-state index in [4.69, 9.17) is 9.40 Å². The maximum atomic E-state index is 12.7. The van der Waals surface area contributed by atoms with E-state index in [1.807, 2.05) is 24.0 Å². The number of thiophene rings is 1. The van der Waals surface area contributed by atoms with Crippen LogP contribution in [0.2, 0.25) is 0 Å². The maximum Gasteiger partial charge on any atom is 0.259 e. The standard InChI is InChI=1S/C23H26N4O3S/c1-15-6-7-16(30-15)8-9-20(28)27-12-10-26(11-13-27)14-19-24-22(29)21-17-4-2-3-5-18(17)31-23(21)25-19/h6-9H,2-5,10-14H2,1H3,(H,24,25,29). The number of piperazine rings is 1. The van der Waals surface area contributed by atoms with Crippen molar-refractivity contribution < 1.29 is 9.21 Å². The van der Waals surface area contributed by atoms with Gasteiger partial charge in [0.05, 0.1) is 11.9 Å². The Balaban J connectivity index is 1.21. The SMILES string of the molecule is Cc1ccc(C=CC(=O)N2CCN(Cc3nc4sc5c(c4c(=O)[nH]3)CCCC5)CC2)o1. The van der Waals surface area contributed by atoms with Crippen LogP contribution in [0.5, 0.6) is 0 Å². The molecular formula is C23H26N4O3S. The smallest absolute Gasteiger partial charge is 0.259 e. The molecule has 3 aromatic rings. The zero-order chi connectivity index (χ0) is 21.4. The second kappa shape index (κ2) is 8.43. The van der Waals surface area contributed by atoms with Crippen LogP contribution in [0.25, 0.3) is 16.3 Å². The molecule has 0 atom stereocenters. The Morgan fingerprint density at radius 1 is 1.23 bits per heavy atom. The van der Waals surface area contributed by atoms with Gasteiger partial charge < -0.3 is 14.3 Å². The van der Waals surface area contributed by atoms with Crippen LogP contribution in [0.15, 0.2) is 27.4 Å². The van der Waals surface area contributed by atoms with E-state index < -0.39 is 0 Å². The van der Waals surface area contributed by atoms with Crippen LogP contribution in [-0.4, -0.2) is 51.9 Å². The van der Waals surface area contributed by atoms with Crippen molar-refractivity contribution in [2.24, 2.45) is 0 Å². The van der Waals surface area contributed by atoms with Crippen LogP contribution in [0.3, 0.4) is 0 Å². The van der Waals surface area contributed by atoms with Gasteiger partial charge in [-0.3, -0.25) is 14.5 Å². The first-order chi connectivity index (χ1) is 15.1. The van der Waals surface area contributed by atoms with Crippen LogP contribution >= 0.6 is 11.3 Å². The molecule has 5 rings (SSSR count). The van der Waals surface area contributed by atoms with E-state index in [2.05, 4.69) is 9.88 Å². The Bertz CT molecular complexity index is 1200. The van der Waals surface area contributed by atoms with Crippen molar-refractivity contribution in [1.29, 1.82) is 0 Å². The molecule has 31 heavy (non-hydrogen) atoms. The second-order valence-corrected chi connectivity index (χ2v) is 9.37. The Hall–Kier alpha value is -2.71. The molecule has 1 fully saturated rings. The number of rotatable bonds is 4. The fraction of sp³-hybridized carbons (Fsp3) is 0.435. The molecule has 0 radical (unpaired) electrons. The maximum absolute atomic E-state index is 12.7.